The highest BCUT2D eigenvalue weighted by Crippen LogP contribution is 2.30. The Labute approximate surface area is 195 Å². The van der Waals surface area contributed by atoms with Crippen molar-refractivity contribution in [3.05, 3.63) is 11.8 Å². The van der Waals surface area contributed by atoms with Gasteiger partial charge in [0.05, 0.1) is 44.8 Å². The third-order valence-electron chi connectivity index (χ3n) is 5.10. The minimum atomic E-state index is -0.557. The van der Waals surface area contributed by atoms with E-state index in [1.807, 2.05) is 0 Å². The molecule has 0 N–H and O–H groups in total. The fourth-order valence-corrected chi connectivity index (χ4v) is 3.98. The van der Waals surface area contributed by atoms with Gasteiger partial charge in [0, 0.05) is 12.0 Å². The van der Waals surface area contributed by atoms with Crippen LogP contribution in [-0.4, -0.2) is 64.2 Å². The van der Waals surface area contributed by atoms with Gasteiger partial charge in [-0.25, -0.2) is 0 Å². The van der Waals surface area contributed by atoms with Gasteiger partial charge in [-0.3, -0.25) is 14.1 Å². The van der Waals surface area contributed by atoms with Gasteiger partial charge in [-0.1, -0.05) is 32.3 Å². The minimum Gasteiger partial charge on any atom is -0.475 e. The molecule has 1 aromatic rings. The molecule has 0 radical (unpaired) electrons. The zero-order valence-electron chi connectivity index (χ0n) is 20.1. The van der Waals surface area contributed by atoms with Crippen molar-refractivity contribution < 1.29 is 28.3 Å². The Morgan fingerprint density at radius 2 is 1.88 bits per heavy atom. The first-order chi connectivity index (χ1) is 15.1. The molecule has 0 spiro atoms. The molecule has 0 saturated heterocycles. The van der Waals surface area contributed by atoms with Crippen LogP contribution in [-0.2, 0) is 19.1 Å². The number of nitrogens with zero attached hydrogens (tertiary/aromatic N) is 3. The summed E-state index contributed by atoms with van der Waals surface area (Å²) in [6.45, 7) is 10.0. The molecule has 8 nitrogen and oxygen atoms in total. The molecule has 0 aliphatic carbocycles. The Hall–Kier alpha value is -2.00. The van der Waals surface area contributed by atoms with Crippen LogP contribution in [0.1, 0.15) is 78.3 Å². The summed E-state index contributed by atoms with van der Waals surface area (Å²) in [5.41, 5.74) is 1.31. The van der Waals surface area contributed by atoms with Crippen molar-refractivity contribution in [3.8, 4) is 5.88 Å². The lowest BCUT2D eigenvalue weighted by Gasteiger charge is -2.36. The van der Waals surface area contributed by atoms with Gasteiger partial charge < -0.3 is 14.2 Å². The molecule has 0 bridgehead atoms. The molecule has 0 fully saturated rings. The van der Waals surface area contributed by atoms with Gasteiger partial charge >= 0.3 is 11.9 Å². The van der Waals surface area contributed by atoms with E-state index in [2.05, 4.69) is 28.8 Å². The SMILES string of the molecule is CCCCCCOc1nsnc1C1=CCC[N+](C)(COC(=O)CCC(=O)OC(C)(C)C)C1. The molecule has 0 saturated carbocycles. The van der Waals surface area contributed by atoms with Crippen LogP contribution in [0.4, 0.5) is 0 Å². The van der Waals surface area contributed by atoms with E-state index in [-0.39, 0.29) is 19.6 Å². The van der Waals surface area contributed by atoms with E-state index >= 15 is 0 Å². The maximum atomic E-state index is 12.2. The molecule has 1 aromatic heterocycles. The van der Waals surface area contributed by atoms with E-state index in [9.17, 15) is 9.59 Å². The zero-order valence-corrected chi connectivity index (χ0v) is 21.0. The first-order valence-corrected chi connectivity index (χ1v) is 12.2. The lowest BCUT2D eigenvalue weighted by Crippen LogP contribution is -2.49. The number of ether oxygens (including phenoxy) is 3. The van der Waals surface area contributed by atoms with E-state index in [4.69, 9.17) is 14.2 Å². The third-order valence-corrected chi connectivity index (χ3v) is 5.61. The van der Waals surface area contributed by atoms with Crippen LogP contribution in [0.25, 0.3) is 5.57 Å². The average molecular weight is 469 g/mol. The minimum absolute atomic E-state index is 0.0175. The fraction of sp³-hybridized carbons (Fsp3) is 0.739. The second kappa shape index (κ2) is 12.3. The average Bonchev–Trinajstić information content (AvgIpc) is 3.18. The maximum absolute atomic E-state index is 12.2. The number of carbonyl (C=O) groups is 2. The maximum Gasteiger partial charge on any atom is 0.310 e. The van der Waals surface area contributed by atoms with Crippen molar-refractivity contribution in [3.63, 3.8) is 0 Å². The standard InChI is InChI=1S/C23H38N3O5S/c1-6-7-8-9-15-29-22-21(24-32-25-22)18-11-10-14-26(5,16-18)17-30-19(27)12-13-20(28)31-23(2,3)4/h11H,6-10,12-17H2,1-5H3/q+1. The molecular formula is C23H38N3O5S+. The monoisotopic (exact) mass is 468 g/mol. The summed E-state index contributed by atoms with van der Waals surface area (Å²) in [7, 11) is 2.05. The highest BCUT2D eigenvalue weighted by molar-refractivity contribution is 6.99. The summed E-state index contributed by atoms with van der Waals surface area (Å²) < 4.78 is 26.0. The lowest BCUT2D eigenvalue weighted by atomic mass is 10.1. The van der Waals surface area contributed by atoms with Crippen LogP contribution in [0, 0.1) is 0 Å². The van der Waals surface area contributed by atoms with E-state index in [0.717, 1.165) is 48.8 Å². The van der Waals surface area contributed by atoms with Crippen LogP contribution >= 0.6 is 11.7 Å². The number of carbonyl (C=O) groups excluding carboxylic acids is 2. The quantitative estimate of drug-likeness (QED) is 0.256. The predicted molar refractivity (Wildman–Crippen MR) is 124 cm³/mol. The number of likely N-dealkylation sites (N-methyl/N-ethyl adjacent to an activating group) is 1. The molecule has 1 aliphatic heterocycles. The Balaban J connectivity index is 1.83. The first-order valence-electron chi connectivity index (χ1n) is 11.5. The smallest absolute Gasteiger partial charge is 0.310 e. The van der Waals surface area contributed by atoms with Gasteiger partial charge in [-0.2, -0.15) is 4.37 Å². The van der Waals surface area contributed by atoms with Crippen LogP contribution in [0.5, 0.6) is 5.88 Å². The summed E-state index contributed by atoms with van der Waals surface area (Å²) in [5.74, 6) is -0.186. The topological polar surface area (TPSA) is 87.6 Å². The van der Waals surface area contributed by atoms with Gasteiger partial charge in [-0.15, -0.1) is 4.37 Å². The zero-order chi connectivity index (χ0) is 23.6. The number of rotatable bonds is 12. The van der Waals surface area contributed by atoms with Crippen molar-refractivity contribution in [2.45, 2.75) is 78.2 Å². The first kappa shape index (κ1) is 26.3. The Bertz CT molecular complexity index is 787. The molecule has 0 aromatic carbocycles. The normalized spacial score (nSPS) is 18.7. The van der Waals surface area contributed by atoms with Gasteiger partial charge in [-0.05, 0) is 27.2 Å². The van der Waals surface area contributed by atoms with Gasteiger partial charge in [0.25, 0.3) is 5.88 Å². The number of unbranched alkanes of at least 4 members (excludes halogenated alkanes) is 3. The highest BCUT2D eigenvalue weighted by Gasteiger charge is 2.31. The fourth-order valence-electron chi connectivity index (χ4n) is 3.45. The van der Waals surface area contributed by atoms with Crippen molar-refractivity contribution >= 4 is 29.2 Å². The van der Waals surface area contributed by atoms with Crippen molar-refractivity contribution in [1.82, 2.24) is 8.75 Å². The molecule has 1 aliphatic rings. The van der Waals surface area contributed by atoms with Crippen molar-refractivity contribution in [2.24, 2.45) is 0 Å². The Morgan fingerprint density at radius 3 is 2.59 bits per heavy atom. The molecule has 2 rings (SSSR count). The molecular weight excluding hydrogens is 430 g/mol. The van der Waals surface area contributed by atoms with Gasteiger partial charge in [0.15, 0.2) is 0 Å². The van der Waals surface area contributed by atoms with E-state index < -0.39 is 17.5 Å². The summed E-state index contributed by atoms with van der Waals surface area (Å²) in [6.07, 6.45) is 7.64. The Kier molecular flexibility index (Phi) is 10.1. The number of quaternary nitrogens is 1. The van der Waals surface area contributed by atoms with Crippen molar-refractivity contribution in [2.75, 3.05) is 33.5 Å². The third kappa shape index (κ3) is 9.24. The molecule has 2 heterocycles. The lowest BCUT2D eigenvalue weighted by molar-refractivity contribution is -0.919. The van der Waals surface area contributed by atoms with Crippen LogP contribution in [0.15, 0.2) is 6.08 Å². The number of hydrogen-bond donors (Lipinski definition) is 0. The largest absolute Gasteiger partial charge is 0.475 e. The predicted octanol–water partition coefficient (Wildman–Crippen LogP) is 4.35. The highest BCUT2D eigenvalue weighted by atomic mass is 32.1. The second-order valence-corrected chi connectivity index (χ2v) is 10.1. The molecule has 32 heavy (non-hydrogen) atoms. The summed E-state index contributed by atoms with van der Waals surface area (Å²) in [6, 6.07) is 0. The summed E-state index contributed by atoms with van der Waals surface area (Å²) in [5, 5.41) is 0. The van der Waals surface area contributed by atoms with E-state index in [0.29, 0.717) is 23.5 Å². The molecule has 1 unspecified atom stereocenters. The van der Waals surface area contributed by atoms with E-state index in [1.54, 1.807) is 20.8 Å². The van der Waals surface area contributed by atoms with Crippen molar-refractivity contribution in [1.29, 1.82) is 0 Å². The Morgan fingerprint density at radius 1 is 1.12 bits per heavy atom. The molecule has 9 heteroatoms. The molecule has 1 atom stereocenters. The molecule has 0 amide bonds. The van der Waals surface area contributed by atoms with Gasteiger partial charge in [0.1, 0.15) is 17.8 Å². The second-order valence-electron chi connectivity index (χ2n) is 9.58. The molecule has 180 valence electrons. The van der Waals surface area contributed by atoms with Crippen LogP contribution in [0.2, 0.25) is 0 Å². The van der Waals surface area contributed by atoms with Gasteiger partial charge in [0.2, 0.25) is 6.73 Å². The number of esters is 2. The van der Waals surface area contributed by atoms with E-state index in [1.165, 1.54) is 12.8 Å². The summed E-state index contributed by atoms with van der Waals surface area (Å²) in [4.78, 5) is 24.0. The van der Waals surface area contributed by atoms with Crippen LogP contribution in [0.3, 0.4) is 0 Å². The number of hydrogen-bond acceptors (Lipinski definition) is 8. The number of aromatic nitrogens is 2. The van der Waals surface area contributed by atoms with Crippen LogP contribution < -0.4 is 4.74 Å². The summed E-state index contributed by atoms with van der Waals surface area (Å²) >= 11 is 1.16.